The van der Waals surface area contributed by atoms with E-state index in [0.29, 0.717) is 11.3 Å². The van der Waals surface area contributed by atoms with E-state index in [1.807, 2.05) is 6.92 Å². The number of rotatable bonds is 5. The maximum Gasteiger partial charge on any atom is 0.337 e. The van der Waals surface area contributed by atoms with E-state index in [4.69, 9.17) is 9.47 Å². The first-order chi connectivity index (χ1) is 10.3. The molecule has 22 heavy (non-hydrogen) atoms. The van der Waals surface area contributed by atoms with Gasteiger partial charge in [0.05, 0.1) is 22.8 Å². The molecule has 0 bridgehead atoms. The van der Waals surface area contributed by atoms with Crippen LogP contribution in [0.1, 0.15) is 25.8 Å². The number of carbonyl (C=O) groups is 1. The van der Waals surface area contributed by atoms with E-state index < -0.39 is 21.9 Å². The minimum Gasteiger partial charge on any atom is -0.493 e. The van der Waals surface area contributed by atoms with E-state index in [9.17, 15) is 13.2 Å². The van der Waals surface area contributed by atoms with Crippen molar-refractivity contribution in [3.05, 3.63) is 41.2 Å². The van der Waals surface area contributed by atoms with Crippen LogP contribution in [0, 0.1) is 6.92 Å². The summed E-state index contributed by atoms with van der Waals surface area (Å²) >= 11 is 0. The quantitative estimate of drug-likeness (QED) is 0.778. The van der Waals surface area contributed by atoms with Crippen molar-refractivity contribution in [2.45, 2.75) is 38.2 Å². The molecule has 1 aromatic carbocycles. The number of benzene rings is 1. The average Bonchev–Trinajstić information content (AvgIpc) is 2.79. The van der Waals surface area contributed by atoms with Crippen molar-refractivity contribution < 1.29 is 22.7 Å². The minimum atomic E-state index is -3.45. The van der Waals surface area contributed by atoms with Gasteiger partial charge in [-0.05, 0) is 32.9 Å². The van der Waals surface area contributed by atoms with Gasteiger partial charge in [-0.1, -0.05) is 17.7 Å². The predicted molar refractivity (Wildman–Crippen MR) is 82.1 cm³/mol. The van der Waals surface area contributed by atoms with Gasteiger partial charge in [0.15, 0.2) is 9.84 Å². The summed E-state index contributed by atoms with van der Waals surface area (Å²) in [6.45, 7) is 5.56. The predicted octanol–water partition coefficient (Wildman–Crippen LogP) is 2.39. The number of hydrogen-bond donors (Lipinski definition) is 0. The first kappa shape index (κ1) is 16.5. The first-order valence-electron chi connectivity index (χ1n) is 7.16. The average molecular weight is 324 g/mol. The van der Waals surface area contributed by atoms with Crippen molar-refractivity contribution in [1.82, 2.24) is 0 Å². The van der Waals surface area contributed by atoms with Crippen LogP contribution in [0.2, 0.25) is 0 Å². The van der Waals surface area contributed by atoms with Crippen molar-refractivity contribution in [1.29, 1.82) is 0 Å². The highest BCUT2D eigenvalue weighted by Crippen LogP contribution is 2.28. The molecular weight excluding hydrogens is 304 g/mol. The van der Waals surface area contributed by atoms with Crippen LogP contribution in [-0.2, 0) is 24.1 Å². The van der Waals surface area contributed by atoms with Crippen molar-refractivity contribution in [2.75, 3.05) is 12.4 Å². The number of sulfone groups is 1. The van der Waals surface area contributed by atoms with Crippen LogP contribution >= 0.6 is 0 Å². The molecule has 0 saturated heterocycles. The fourth-order valence-corrected chi connectivity index (χ4v) is 3.78. The smallest absolute Gasteiger partial charge is 0.337 e. The molecule has 0 aromatic heterocycles. The number of aryl methyl sites for hydroxylation is 1. The van der Waals surface area contributed by atoms with Crippen LogP contribution in [0.5, 0.6) is 0 Å². The lowest BCUT2D eigenvalue weighted by molar-refractivity contribution is -0.138. The molecule has 6 heteroatoms. The van der Waals surface area contributed by atoms with Crippen LogP contribution in [0.4, 0.5) is 0 Å². The lowest BCUT2D eigenvalue weighted by Crippen LogP contribution is -2.21. The van der Waals surface area contributed by atoms with Gasteiger partial charge in [-0.2, -0.15) is 0 Å². The Balaban J connectivity index is 2.07. The maximum absolute atomic E-state index is 12.4. The van der Waals surface area contributed by atoms with E-state index in [1.54, 1.807) is 38.1 Å². The molecule has 1 aliphatic heterocycles. The molecule has 0 radical (unpaired) electrons. The highest BCUT2D eigenvalue weighted by Gasteiger charge is 2.32. The van der Waals surface area contributed by atoms with Crippen LogP contribution in [0.25, 0.3) is 0 Å². The molecule has 0 fully saturated rings. The van der Waals surface area contributed by atoms with Crippen LogP contribution in [-0.4, -0.2) is 32.9 Å². The third-order valence-electron chi connectivity index (χ3n) is 3.51. The van der Waals surface area contributed by atoms with Crippen LogP contribution < -0.4 is 0 Å². The first-order valence-corrected chi connectivity index (χ1v) is 8.81. The molecular formula is C16H20O5S. The zero-order valence-corrected chi connectivity index (χ0v) is 13.8. The highest BCUT2D eigenvalue weighted by atomic mass is 32.2. The van der Waals surface area contributed by atoms with Crippen molar-refractivity contribution in [3.63, 3.8) is 0 Å². The van der Waals surface area contributed by atoms with Crippen LogP contribution in [0.15, 0.2) is 40.5 Å². The van der Waals surface area contributed by atoms with Crippen LogP contribution in [0.3, 0.4) is 0 Å². The number of ether oxygens (including phenoxy) is 2. The molecule has 1 aromatic rings. The van der Waals surface area contributed by atoms with E-state index >= 15 is 0 Å². The van der Waals surface area contributed by atoms with Gasteiger partial charge in [-0.25, -0.2) is 13.2 Å². The summed E-state index contributed by atoms with van der Waals surface area (Å²) in [4.78, 5) is 12.0. The van der Waals surface area contributed by atoms with Gasteiger partial charge in [0, 0.05) is 6.42 Å². The van der Waals surface area contributed by atoms with E-state index in [1.165, 1.54) is 0 Å². The number of allylic oxidation sites excluding steroid dienone is 1. The summed E-state index contributed by atoms with van der Waals surface area (Å²) in [5, 5.41) is 0. The highest BCUT2D eigenvalue weighted by molar-refractivity contribution is 7.91. The van der Waals surface area contributed by atoms with Gasteiger partial charge in [0.2, 0.25) is 0 Å². The van der Waals surface area contributed by atoms with Gasteiger partial charge in [-0.15, -0.1) is 0 Å². The van der Waals surface area contributed by atoms with Gasteiger partial charge in [-0.3, -0.25) is 0 Å². The van der Waals surface area contributed by atoms with Crippen molar-refractivity contribution >= 4 is 15.8 Å². The Morgan fingerprint density at radius 3 is 2.50 bits per heavy atom. The third-order valence-corrected chi connectivity index (χ3v) is 5.31. The fraction of sp³-hybridized carbons (Fsp3) is 0.438. The molecule has 5 nitrogen and oxygen atoms in total. The number of carbonyl (C=O) groups excluding carboxylic acids is 1. The summed E-state index contributed by atoms with van der Waals surface area (Å²) < 4.78 is 35.3. The summed E-state index contributed by atoms with van der Waals surface area (Å²) in [6.07, 6.45) is -0.291. The summed E-state index contributed by atoms with van der Waals surface area (Å²) in [6, 6.07) is 6.70. The normalized spacial score (nSPS) is 18.2. The standard InChI is InChI=1S/C16H20O5S/c1-4-20-16(17)15-9-13(21-12(15)3)10-22(18,19)14-7-5-11(2)6-8-14/h5-8,13H,4,9-10H2,1-3H3. The molecule has 0 N–H and O–H groups in total. The molecule has 1 aliphatic rings. The Morgan fingerprint density at radius 2 is 1.91 bits per heavy atom. The molecule has 120 valence electrons. The second-order valence-corrected chi connectivity index (χ2v) is 7.33. The monoisotopic (exact) mass is 324 g/mol. The molecule has 0 amide bonds. The topological polar surface area (TPSA) is 69.7 Å². The Hall–Kier alpha value is -1.82. The SMILES string of the molecule is CCOC(=O)C1=C(C)OC(CS(=O)(=O)c2ccc(C)cc2)C1. The lowest BCUT2D eigenvalue weighted by Gasteiger charge is -2.12. The molecule has 0 aliphatic carbocycles. The van der Waals surface area contributed by atoms with E-state index in [-0.39, 0.29) is 23.7 Å². The summed E-state index contributed by atoms with van der Waals surface area (Å²) in [5.74, 6) is -0.145. The zero-order valence-electron chi connectivity index (χ0n) is 13.0. The summed E-state index contributed by atoms with van der Waals surface area (Å²) in [7, 11) is -3.45. The number of hydrogen-bond acceptors (Lipinski definition) is 5. The summed E-state index contributed by atoms with van der Waals surface area (Å²) in [5.41, 5.74) is 1.42. The largest absolute Gasteiger partial charge is 0.493 e. The van der Waals surface area contributed by atoms with Crippen molar-refractivity contribution in [3.8, 4) is 0 Å². The zero-order chi connectivity index (χ0) is 16.3. The second kappa shape index (κ2) is 6.52. The third kappa shape index (κ3) is 3.68. The molecule has 1 atom stereocenters. The second-order valence-electron chi connectivity index (χ2n) is 5.29. The molecule has 0 spiro atoms. The Bertz CT molecular complexity index is 686. The van der Waals surface area contributed by atoms with Gasteiger partial charge >= 0.3 is 5.97 Å². The van der Waals surface area contributed by atoms with Crippen molar-refractivity contribution in [2.24, 2.45) is 0 Å². The Labute approximate surface area is 130 Å². The fourth-order valence-electron chi connectivity index (χ4n) is 2.36. The Morgan fingerprint density at radius 1 is 1.27 bits per heavy atom. The molecule has 1 unspecified atom stereocenters. The van der Waals surface area contributed by atoms with Gasteiger partial charge in [0.1, 0.15) is 11.9 Å². The van der Waals surface area contributed by atoms with Gasteiger partial charge in [0.25, 0.3) is 0 Å². The van der Waals surface area contributed by atoms with E-state index in [2.05, 4.69) is 0 Å². The molecule has 2 rings (SSSR count). The maximum atomic E-state index is 12.4. The lowest BCUT2D eigenvalue weighted by atomic mass is 10.1. The molecule has 0 saturated carbocycles. The number of esters is 1. The van der Waals surface area contributed by atoms with Gasteiger partial charge < -0.3 is 9.47 Å². The molecule has 1 heterocycles. The minimum absolute atomic E-state index is 0.156. The van der Waals surface area contributed by atoms with E-state index in [0.717, 1.165) is 5.56 Å². The Kier molecular flexibility index (Phi) is 4.90.